The zero-order valence-corrected chi connectivity index (χ0v) is 18.9. The molecule has 0 fully saturated rings. The van der Waals surface area contributed by atoms with E-state index in [1.54, 1.807) is 0 Å². The first-order chi connectivity index (χ1) is 15.4. The van der Waals surface area contributed by atoms with Crippen molar-refractivity contribution in [2.45, 2.75) is 50.4 Å². The van der Waals surface area contributed by atoms with Crippen molar-refractivity contribution in [3.63, 3.8) is 0 Å². The van der Waals surface area contributed by atoms with Crippen LogP contribution in [0.3, 0.4) is 0 Å². The summed E-state index contributed by atoms with van der Waals surface area (Å²) in [6.07, 6.45) is -0.558. The van der Waals surface area contributed by atoms with Crippen molar-refractivity contribution < 1.29 is 34.2 Å². The summed E-state index contributed by atoms with van der Waals surface area (Å²) in [4.78, 5) is 59.9. The van der Waals surface area contributed by atoms with Crippen LogP contribution >= 0.6 is 12.6 Å². The summed E-state index contributed by atoms with van der Waals surface area (Å²) in [5.74, 6) is -4.36. The standard InChI is InChI=1S/C20H29N5O7S/c1-10(21)17(28)25-15(9-33)19(30)24-14(8-11-2-4-12(26)5-3-11)18(29)23-13(20(31)32)6-7-16(22)27/h2-5,10,13-15,26,33H,6-9,21H2,1H3,(H2,22,27)(H,23,29)(H,24,30)(H,25,28)(H,31,32). The van der Waals surface area contributed by atoms with Gasteiger partial charge in [-0.3, -0.25) is 19.2 Å². The largest absolute Gasteiger partial charge is 0.508 e. The molecule has 0 saturated carbocycles. The van der Waals surface area contributed by atoms with Gasteiger partial charge < -0.3 is 37.6 Å². The van der Waals surface area contributed by atoms with E-state index in [4.69, 9.17) is 11.5 Å². The molecule has 0 aliphatic rings. The van der Waals surface area contributed by atoms with Gasteiger partial charge >= 0.3 is 5.97 Å². The summed E-state index contributed by atoms with van der Waals surface area (Å²) in [6, 6.07) is 1.19. The maximum Gasteiger partial charge on any atom is 0.326 e. The minimum absolute atomic E-state index is 0.00469. The third-order valence-electron chi connectivity index (χ3n) is 4.53. The topological polar surface area (TPSA) is 214 Å². The number of nitrogens with one attached hydrogen (secondary N) is 3. The average Bonchev–Trinajstić information content (AvgIpc) is 2.74. The lowest BCUT2D eigenvalue weighted by Crippen LogP contribution is -2.58. The first-order valence-corrected chi connectivity index (χ1v) is 10.6. The van der Waals surface area contributed by atoms with Crippen molar-refractivity contribution in [2.24, 2.45) is 11.5 Å². The van der Waals surface area contributed by atoms with E-state index in [1.807, 2.05) is 0 Å². The number of aliphatic carboxylic acids is 1. The minimum Gasteiger partial charge on any atom is -0.508 e. The lowest BCUT2D eigenvalue weighted by Gasteiger charge is -2.24. The van der Waals surface area contributed by atoms with Crippen LogP contribution in [-0.2, 0) is 30.4 Å². The number of carbonyl (C=O) groups excluding carboxylic acids is 4. The van der Waals surface area contributed by atoms with Crippen LogP contribution in [0, 0.1) is 0 Å². The quantitative estimate of drug-likeness (QED) is 0.147. The number of phenols is 1. The Kier molecular flexibility index (Phi) is 11.2. The molecule has 0 bridgehead atoms. The number of benzene rings is 1. The predicted octanol–water partition coefficient (Wildman–Crippen LogP) is -1.98. The third kappa shape index (κ3) is 9.78. The van der Waals surface area contributed by atoms with Crippen LogP contribution in [0.15, 0.2) is 24.3 Å². The average molecular weight is 484 g/mol. The molecule has 0 saturated heterocycles. The fraction of sp³-hybridized carbons (Fsp3) is 0.450. The van der Waals surface area contributed by atoms with Crippen molar-refractivity contribution in [1.29, 1.82) is 0 Å². The summed E-state index contributed by atoms with van der Waals surface area (Å²) in [5.41, 5.74) is 11.1. The van der Waals surface area contributed by atoms with Gasteiger partial charge in [-0.05, 0) is 31.0 Å². The molecule has 0 heterocycles. The van der Waals surface area contributed by atoms with E-state index in [0.717, 1.165) is 0 Å². The van der Waals surface area contributed by atoms with E-state index in [2.05, 4.69) is 28.6 Å². The molecule has 1 rings (SSSR count). The number of hydrogen-bond donors (Lipinski definition) is 8. The molecule has 0 aliphatic heterocycles. The van der Waals surface area contributed by atoms with Crippen molar-refractivity contribution in [1.82, 2.24) is 16.0 Å². The summed E-state index contributed by atoms with van der Waals surface area (Å²) in [6.45, 7) is 1.43. The first kappa shape index (κ1) is 27.7. The first-order valence-electron chi connectivity index (χ1n) is 10.0. The SMILES string of the molecule is CC(N)C(=O)NC(CS)C(=O)NC(Cc1ccc(O)cc1)C(=O)NC(CCC(N)=O)C(=O)O. The van der Waals surface area contributed by atoms with Gasteiger partial charge in [-0.25, -0.2) is 4.79 Å². The van der Waals surface area contributed by atoms with E-state index in [-0.39, 0.29) is 30.8 Å². The van der Waals surface area contributed by atoms with E-state index in [0.29, 0.717) is 5.56 Å². The third-order valence-corrected chi connectivity index (χ3v) is 4.90. The number of carboxylic acids is 1. The number of amides is 4. The Balaban J connectivity index is 3.06. The molecule has 4 unspecified atom stereocenters. The number of rotatable bonds is 13. The van der Waals surface area contributed by atoms with Gasteiger partial charge in [0.25, 0.3) is 0 Å². The molecule has 4 atom stereocenters. The monoisotopic (exact) mass is 483 g/mol. The molecule has 0 aliphatic carbocycles. The Morgan fingerprint density at radius 3 is 1.94 bits per heavy atom. The van der Waals surface area contributed by atoms with Crippen molar-refractivity contribution in [3.8, 4) is 5.75 Å². The summed E-state index contributed by atoms with van der Waals surface area (Å²) in [7, 11) is 0. The molecule has 1 aromatic carbocycles. The Morgan fingerprint density at radius 2 is 1.45 bits per heavy atom. The van der Waals surface area contributed by atoms with Crippen LogP contribution in [0.1, 0.15) is 25.3 Å². The fourth-order valence-corrected chi connectivity index (χ4v) is 2.92. The molecular formula is C20H29N5O7S. The molecule has 33 heavy (non-hydrogen) atoms. The zero-order valence-electron chi connectivity index (χ0n) is 18.0. The van der Waals surface area contributed by atoms with Crippen LogP contribution in [0.5, 0.6) is 5.75 Å². The molecule has 182 valence electrons. The second kappa shape index (κ2) is 13.3. The van der Waals surface area contributed by atoms with Gasteiger partial charge in [0.15, 0.2) is 0 Å². The number of aromatic hydroxyl groups is 1. The predicted molar refractivity (Wildman–Crippen MR) is 121 cm³/mol. The minimum atomic E-state index is -1.41. The number of primary amides is 1. The van der Waals surface area contributed by atoms with Gasteiger partial charge in [0.05, 0.1) is 6.04 Å². The van der Waals surface area contributed by atoms with Crippen molar-refractivity contribution >= 4 is 42.2 Å². The van der Waals surface area contributed by atoms with Gasteiger partial charge in [-0.15, -0.1) is 0 Å². The Labute approximate surface area is 195 Å². The lowest BCUT2D eigenvalue weighted by atomic mass is 10.0. The molecule has 1 aromatic rings. The van der Waals surface area contributed by atoms with Crippen LogP contribution in [0.25, 0.3) is 0 Å². The van der Waals surface area contributed by atoms with Gasteiger partial charge in [-0.1, -0.05) is 12.1 Å². The van der Waals surface area contributed by atoms with Crippen LogP contribution < -0.4 is 27.4 Å². The Hall–Kier alpha value is -3.32. The van der Waals surface area contributed by atoms with Gasteiger partial charge in [0.2, 0.25) is 23.6 Å². The molecule has 4 amide bonds. The normalized spacial score (nSPS) is 14.3. The van der Waals surface area contributed by atoms with Crippen molar-refractivity contribution in [3.05, 3.63) is 29.8 Å². The highest BCUT2D eigenvalue weighted by Gasteiger charge is 2.29. The molecule has 0 aromatic heterocycles. The molecule has 0 radical (unpaired) electrons. The number of carbonyl (C=O) groups is 5. The second-order valence-electron chi connectivity index (χ2n) is 7.37. The number of thiol groups is 1. The summed E-state index contributed by atoms with van der Waals surface area (Å²) < 4.78 is 0. The molecule has 9 N–H and O–H groups in total. The fourth-order valence-electron chi connectivity index (χ4n) is 2.66. The van der Waals surface area contributed by atoms with Crippen molar-refractivity contribution in [2.75, 3.05) is 5.75 Å². The number of nitrogens with two attached hydrogens (primary N) is 2. The molecule has 0 spiro atoms. The lowest BCUT2D eigenvalue weighted by molar-refractivity contribution is -0.142. The van der Waals surface area contributed by atoms with Gasteiger partial charge in [-0.2, -0.15) is 12.6 Å². The summed E-state index contributed by atoms with van der Waals surface area (Å²) in [5, 5.41) is 26.0. The smallest absolute Gasteiger partial charge is 0.326 e. The van der Waals surface area contributed by atoms with Gasteiger partial charge in [0.1, 0.15) is 23.9 Å². The van der Waals surface area contributed by atoms with Gasteiger partial charge in [0, 0.05) is 18.6 Å². The Morgan fingerprint density at radius 1 is 0.939 bits per heavy atom. The van der Waals surface area contributed by atoms with E-state index in [1.165, 1.54) is 31.2 Å². The number of phenolic OH excluding ortho intramolecular Hbond substituents is 1. The Bertz CT molecular complexity index is 863. The number of carboxylic acid groups (broad SMARTS) is 1. The zero-order chi connectivity index (χ0) is 25.1. The van der Waals surface area contributed by atoms with E-state index >= 15 is 0 Å². The van der Waals surface area contributed by atoms with Crippen LogP contribution in [0.4, 0.5) is 0 Å². The maximum atomic E-state index is 12.9. The van der Waals surface area contributed by atoms with Crippen LogP contribution in [0.2, 0.25) is 0 Å². The van der Waals surface area contributed by atoms with E-state index in [9.17, 15) is 34.2 Å². The highest BCUT2D eigenvalue weighted by atomic mass is 32.1. The molecule has 13 heteroatoms. The maximum absolute atomic E-state index is 12.9. The highest BCUT2D eigenvalue weighted by Crippen LogP contribution is 2.12. The highest BCUT2D eigenvalue weighted by molar-refractivity contribution is 7.80. The van der Waals surface area contributed by atoms with Crippen LogP contribution in [-0.4, -0.2) is 69.7 Å². The molecular weight excluding hydrogens is 454 g/mol. The summed E-state index contributed by atoms with van der Waals surface area (Å²) >= 11 is 4.05. The molecule has 12 nitrogen and oxygen atoms in total. The van der Waals surface area contributed by atoms with E-state index < -0.39 is 53.8 Å². The second-order valence-corrected chi connectivity index (χ2v) is 7.73. The number of hydrogen-bond acceptors (Lipinski definition) is 8.